The van der Waals surface area contributed by atoms with Crippen LogP contribution in [0.1, 0.15) is 31.0 Å². The number of imidazole rings is 1. The van der Waals surface area contributed by atoms with E-state index >= 15 is 0 Å². The van der Waals surface area contributed by atoms with Gasteiger partial charge in [-0.2, -0.15) is 0 Å². The molecule has 4 unspecified atom stereocenters. The quantitative estimate of drug-likeness (QED) is 0.824. The van der Waals surface area contributed by atoms with E-state index in [1.807, 2.05) is 12.1 Å². The first-order valence-electron chi connectivity index (χ1n) is 6.97. The molecule has 0 aliphatic heterocycles. The molecule has 0 radical (unpaired) electrons. The van der Waals surface area contributed by atoms with Gasteiger partial charge < -0.3 is 4.98 Å². The standard InChI is InChI=1S/C15H15ClN2/c16-9-2-1-3-10-14(9)18-15(17-10)13-11-7-4-5-8(6-7)12(11)13/h1-3,7-8,11-13H,4-6H2,(H,17,18). The van der Waals surface area contributed by atoms with Crippen LogP contribution in [-0.2, 0) is 0 Å². The van der Waals surface area contributed by atoms with E-state index in [1.54, 1.807) is 0 Å². The van der Waals surface area contributed by atoms with Crippen molar-refractivity contribution < 1.29 is 0 Å². The summed E-state index contributed by atoms with van der Waals surface area (Å²) in [5.41, 5.74) is 2.04. The van der Waals surface area contributed by atoms with E-state index in [1.165, 1.54) is 25.1 Å². The molecule has 1 aromatic carbocycles. The molecule has 1 aromatic heterocycles. The highest BCUT2D eigenvalue weighted by Crippen LogP contribution is 2.72. The third-order valence-electron chi connectivity index (χ3n) is 5.53. The average molecular weight is 259 g/mol. The van der Waals surface area contributed by atoms with E-state index in [2.05, 4.69) is 11.1 Å². The topological polar surface area (TPSA) is 28.7 Å². The van der Waals surface area contributed by atoms with Crippen LogP contribution in [0.4, 0.5) is 0 Å². The second-order valence-electron chi connectivity index (χ2n) is 6.27. The fourth-order valence-corrected chi connectivity index (χ4v) is 5.08. The monoisotopic (exact) mass is 258 g/mol. The van der Waals surface area contributed by atoms with Crippen LogP contribution in [0.5, 0.6) is 0 Å². The Kier molecular flexibility index (Phi) is 1.70. The Morgan fingerprint density at radius 1 is 1.17 bits per heavy atom. The van der Waals surface area contributed by atoms with Crippen LogP contribution < -0.4 is 0 Å². The zero-order valence-electron chi connectivity index (χ0n) is 10.1. The summed E-state index contributed by atoms with van der Waals surface area (Å²) in [7, 11) is 0. The molecule has 3 heteroatoms. The molecule has 0 amide bonds. The lowest BCUT2D eigenvalue weighted by Gasteiger charge is -2.05. The molecule has 0 spiro atoms. The van der Waals surface area contributed by atoms with E-state index in [0.717, 1.165) is 39.7 Å². The number of fused-ring (bicyclic) bond motifs is 6. The van der Waals surface area contributed by atoms with Crippen molar-refractivity contribution in [2.24, 2.45) is 23.7 Å². The van der Waals surface area contributed by atoms with E-state index in [9.17, 15) is 0 Å². The van der Waals surface area contributed by atoms with Gasteiger partial charge in [-0.1, -0.05) is 17.7 Å². The van der Waals surface area contributed by atoms with E-state index in [4.69, 9.17) is 16.6 Å². The second kappa shape index (κ2) is 3.11. The Balaban J connectivity index is 1.59. The summed E-state index contributed by atoms with van der Waals surface area (Å²) < 4.78 is 0. The molecule has 18 heavy (non-hydrogen) atoms. The molecule has 3 fully saturated rings. The summed E-state index contributed by atoms with van der Waals surface area (Å²) in [5, 5.41) is 0.767. The highest BCUT2D eigenvalue weighted by molar-refractivity contribution is 6.34. The molecular formula is C15H15ClN2. The maximum atomic E-state index is 6.20. The van der Waals surface area contributed by atoms with Gasteiger partial charge in [-0.3, -0.25) is 0 Å². The number of nitrogens with zero attached hydrogens (tertiary/aromatic N) is 1. The van der Waals surface area contributed by atoms with Crippen molar-refractivity contribution in [1.82, 2.24) is 9.97 Å². The molecule has 3 saturated carbocycles. The van der Waals surface area contributed by atoms with Crippen molar-refractivity contribution in [3.8, 4) is 0 Å². The summed E-state index contributed by atoms with van der Waals surface area (Å²) in [6.07, 6.45) is 4.42. The number of halogens is 1. The molecule has 5 rings (SSSR count). The largest absolute Gasteiger partial charge is 0.342 e. The van der Waals surface area contributed by atoms with Crippen LogP contribution in [0.2, 0.25) is 5.02 Å². The normalized spacial score (nSPS) is 40.4. The Labute approximate surface area is 111 Å². The molecule has 2 aromatic rings. The number of nitrogens with one attached hydrogen (secondary N) is 1. The van der Waals surface area contributed by atoms with Gasteiger partial charge in [0.2, 0.25) is 0 Å². The fourth-order valence-electron chi connectivity index (χ4n) is 4.86. The number of rotatable bonds is 1. The Hall–Kier alpha value is -1.02. The van der Waals surface area contributed by atoms with Gasteiger partial charge in [0.15, 0.2) is 0 Å². The minimum Gasteiger partial charge on any atom is -0.342 e. The Morgan fingerprint density at radius 3 is 2.67 bits per heavy atom. The maximum Gasteiger partial charge on any atom is 0.111 e. The van der Waals surface area contributed by atoms with Crippen molar-refractivity contribution in [2.45, 2.75) is 25.2 Å². The number of aromatic amines is 1. The van der Waals surface area contributed by atoms with Crippen molar-refractivity contribution in [1.29, 1.82) is 0 Å². The van der Waals surface area contributed by atoms with E-state index in [0.29, 0.717) is 5.92 Å². The molecule has 92 valence electrons. The lowest BCUT2D eigenvalue weighted by Crippen LogP contribution is -1.98. The fraction of sp³-hybridized carbons (Fsp3) is 0.533. The Bertz CT molecular complexity index is 631. The lowest BCUT2D eigenvalue weighted by molar-refractivity contribution is 0.456. The summed E-state index contributed by atoms with van der Waals surface area (Å²) in [6, 6.07) is 5.99. The average Bonchev–Trinajstić information content (AvgIpc) is 2.77. The zero-order valence-corrected chi connectivity index (χ0v) is 10.8. The SMILES string of the molecule is Clc1cccc2[nH]c(C3C4C5CCC(C5)C34)nc12. The van der Waals surface area contributed by atoms with Gasteiger partial charge in [-0.05, 0) is 55.1 Å². The van der Waals surface area contributed by atoms with Crippen molar-refractivity contribution in [3.63, 3.8) is 0 Å². The van der Waals surface area contributed by atoms with Gasteiger partial charge >= 0.3 is 0 Å². The van der Waals surface area contributed by atoms with Gasteiger partial charge in [0.05, 0.1) is 10.5 Å². The minimum atomic E-state index is 0.708. The summed E-state index contributed by atoms with van der Waals surface area (Å²) in [5.74, 6) is 5.76. The highest BCUT2D eigenvalue weighted by atomic mass is 35.5. The van der Waals surface area contributed by atoms with Crippen LogP contribution in [0.25, 0.3) is 11.0 Å². The summed E-state index contributed by atoms with van der Waals surface area (Å²) >= 11 is 6.20. The molecule has 3 aliphatic rings. The van der Waals surface area contributed by atoms with Crippen LogP contribution in [0.3, 0.4) is 0 Å². The third kappa shape index (κ3) is 1.08. The van der Waals surface area contributed by atoms with Gasteiger partial charge in [0.25, 0.3) is 0 Å². The summed E-state index contributed by atoms with van der Waals surface area (Å²) in [6.45, 7) is 0. The van der Waals surface area contributed by atoms with Gasteiger partial charge in [0, 0.05) is 5.92 Å². The van der Waals surface area contributed by atoms with Crippen LogP contribution in [-0.4, -0.2) is 9.97 Å². The molecule has 4 atom stereocenters. The second-order valence-corrected chi connectivity index (χ2v) is 6.68. The van der Waals surface area contributed by atoms with Crippen molar-refractivity contribution in [3.05, 3.63) is 29.0 Å². The van der Waals surface area contributed by atoms with Crippen LogP contribution in [0.15, 0.2) is 18.2 Å². The first-order chi connectivity index (χ1) is 8.83. The van der Waals surface area contributed by atoms with Gasteiger partial charge in [0.1, 0.15) is 11.3 Å². The smallest absolute Gasteiger partial charge is 0.111 e. The van der Waals surface area contributed by atoms with E-state index in [-0.39, 0.29) is 0 Å². The van der Waals surface area contributed by atoms with Crippen LogP contribution >= 0.6 is 11.6 Å². The van der Waals surface area contributed by atoms with E-state index < -0.39 is 0 Å². The molecule has 2 bridgehead atoms. The van der Waals surface area contributed by atoms with Crippen LogP contribution in [0, 0.1) is 23.7 Å². The number of para-hydroxylation sites is 1. The number of hydrogen-bond acceptors (Lipinski definition) is 1. The first-order valence-corrected chi connectivity index (χ1v) is 7.35. The number of aromatic nitrogens is 2. The Morgan fingerprint density at radius 2 is 1.94 bits per heavy atom. The predicted octanol–water partition coefficient (Wildman–Crippen LogP) is 3.98. The van der Waals surface area contributed by atoms with Gasteiger partial charge in [-0.15, -0.1) is 0 Å². The molecule has 1 heterocycles. The number of hydrogen-bond donors (Lipinski definition) is 1. The highest BCUT2D eigenvalue weighted by Gasteiger charge is 2.66. The maximum absolute atomic E-state index is 6.20. The minimum absolute atomic E-state index is 0.708. The first kappa shape index (κ1) is 9.85. The molecule has 0 saturated heterocycles. The summed E-state index contributed by atoms with van der Waals surface area (Å²) in [4.78, 5) is 8.27. The third-order valence-corrected chi connectivity index (χ3v) is 5.84. The van der Waals surface area contributed by atoms with Crippen molar-refractivity contribution >= 4 is 22.6 Å². The molecule has 1 N–H and O–H groups in total. The molecular weight excluding hydrogens is 244 g/mol. The van der Waals surface area contributed by atoms with Crippen molar-refractivity contribution in [2.75, 3.05) is 0 Å². The number of benzene rings is 1. The lowest BCUT2D eigenvalue weighted by atomic mass is 10.0. The molecule has 3 aliphatic carbocycles. The van der Waals surface area contributed by atoms with Gasteiger partial charge in [-0.25, -0.2) is 4.98 Å². The predicted molar refractivity (Wildman–Crippen MR) is 71.7 cm³/mol. The molecule has 2 nitrogen and oxygen atoms in total. The number of H-pyrrole nitrogens is 1. The zero-order chi connectivity index (χ0) is 11.9.